The van der Waals surface area contributed by atoms with E-state index in [9.17, 15) is 5.11 Å². The molecule has 0 spiro atoms. The summed E-state index contributed by atoms with van der Waals surface area (Å²) in [6, 6.07) is 2.06. The third-order valence-corrected chi connectivity index (χ3v) is 3.85. The van der Waals surface area contributed by atoms with Crippen molar-refractivity contribution < 1.29 is 9.52 Å². The van der Waals surface area contributed by atoms with E-state index in [1.54, 1.807) is 12.3 Å². The molecule has 0 bridgehead atoms. The molecule has 0 aliphatic rings. The third kappa shape index (κ3) is 2.77. The molecule has 0 fully saturated rings. The molecule has 14 heavy (non-hydrogen) atoms. The maximum Gasteiger partial charge on any atom is 0.123 e. The normalized spacial score (nSPS) is 13.3. The highest BCUT2D eigenvalue weighted by atomic mass is 28.3. The van der Waals surface area contributed by atoms with Crippen molar-refractivity contribution in [3.63, 3.8) is 0 Å². The smallest absolute Gasteiger partial charge is 0.123 e. The van der Waals surface area contributed by atoms with Crippen molar-refractivity contribution in [3.8, 4) is 0 Å². The second kappa shape index (κ2) is 4.05. The summed E-state index contributed by atoms with van der Waals surface area (Å²) in [4.78, 5) is 0. The first-order valence-corrected chi connectivity index (χ1v) is 8.35. The van der Waals surface area contributed by atoms with Gasteiger partial charge in [0.1, 0.15) is 8.07 Å². The third-order valence-electron chi connectivity index (χ3n) is 2.11. The summed E-state index contributed by atoms with van der Waals surface area (Å²) >= 11 is 0. The molecule has 1 N–H and O–H groups in total. The van der Waals surface area contributed by atoms with E-state index >= 15 is 0 Å². The number of hydrogen-bond acceptors (Lipinski definition) is 2. The molecule has 0 aliphatic heterocycles. The van der Waals surface area contributed by atoms with Gasteiger partial charge in [-0.05, 0) is 24.6 Å². The Bertz CT molecular complexity index is 331. The summed E-state index contributed by atoms with van der Waals surface area (Å²) in [7, 11) is -1.34. The molecule has 1 rings (SSSR count). The van der Waals surface area contributed by atoms with Crippen LogP contribution >= 0.6 is 0 Å². The number of aliphatic hydroxyl groups is 1. The van der Waals surface area contributed by atoms with Crippen molar-refractivity contribution in [2.24, 2.45) is 0 Å². The van der Waals surface area contributed by atoms with Crippen LogP contribution in [0.5, 0.6) is 0 Å². The van der Waals surface area contributed by atoms with Gasteiger partial charge in [-0.25, -0.2) is 0 Å². The average Bonchev–Trinajstić information content (AvgIpc) is 2.51. The van der Waals surface area contributed by atoms with Gasteiger partial charge >= 0.3 is 0 Å². The number of furan rings is 1. The number of aliphatic hydroxyl groups excluding tert-OH is 1. The maximum atomic E-state index is 9.35. The minimum atomic E-state index is -1.34. The Balaban J connectivity index is 2.79. The SMILES string of the molecule is CC=C(O)Cc1coc([Si](C)(C)C)c1. The molecule has 2 nitrogen and oxygen atoms in total. The lowest BCUT2D eigenvalue weighted by Crippen LogP contribution is -2.36. The Labute approximate surface area is 86.3 Å². The summed E-state index contributed by atoms with van der Waals surface area (Å²) in [5, 5.41) is 10.4. The lowest BCUT2D eigenvalue weighted by molar-refractivity contribution is 0.397. The fraction of sp³-hybridized carbons (Fsp3) is 0.455. The summed E-state index contributed by atoms with van der Waals surface area (Å²) in [5.41, 5.74) is 1.05. The number of hydrogen-bond donors (Lipinski definition) is 1. The van der Waals surface area contributed by atoms with Crippen molar-refractivity contribution in [3.05, 3.63) is 29.7 Å². The first-order valence-electron chi connectivity index (χ1n) is 4.85. The summed E-state index contributed by atoms with van der Waals surface area (Å²) in [6.07, 6.45) is 4.03. The van der Waals surface area contributed by atoms with Crippen molar-refractivity contribution in [2.45, 2.75) is 33.0 Å². The predicted octanol–water partition coefficient (Wildman–Crippen LogP) is 2.83. The molecule has 0 atom stereocenters. The molecular weight excluding hydrogens is 192 g/mol. The lowest BCUT2D eigenvalue weighted by atomic mass is 10.2. The number of rotatable bonds is 3. The van der Waals surface area contributed by atoms with E-state index in [2.05, 4.69) is 25.7 Å². The second-order valence-electron chi connectivity index (χ2n) is 4.53. The average molecular weight is 210 g/mol. The highest BCUT2D eigenvalue weighted by Gasteiger charge is 2.20. The molecule has 1 heterocycles. The molecular formula is C11H18O2Si. The van der Waals surface area contributed by atoms with Gasteiger partial charge in [0.05, 0.1) is 17.4 Å². The summed E-state index contributed by atoms with van der Waals surface area (Å²) in [6.45, 7) is 8.55. The van der Waals surface area contributed by atoms with Gasteiger partial charge in [-0.3, -0.25) is 0 Å². The second-order valence-corrected chi connectivity index (χ2v) is 9.52. The van der Waals surface area contributed by atoms with E-state index in [1.165, 1.54) is 0 Å². The van der Waals surface area contributed by atoms with Gasteiger partial charge in [-0.2, -0.15) is 0 Å². The molecule has 1 aromatic heterocycles. The van der Waals surface area contributed by atoms with Crippen LogP contribution in [-0.2, 0) is 6.42 Å². The quantitative estimate of drug-likeness (QED) is 0.615. The van der Waals surface area contributed by atoms with Crippen LogP contribution in [0.25, 0.3) is 0 Å². The van der Waals surface area contributed by atoms with Gasteiger partial charge in [0, 0.05) is 6.42 Å². The molecule has 0 radical (unpaired) electrons. The first-order chi connectivity index (χ1) is 6.43. The van der Waals surface area contributed by atoms with Gasteiger partial charge in [-0.1, -0.05) is 19.6 Å². The zero-order valence-corrected chi connectivity index (χ0v) is 10.3. The van der Waals surface area contributed by atoms with Crippen LogP contribution in [0.2, 0.25) is 19.6 Å². The molecule has 0 saturated heterocycles. The van der Waals surface area contributed by atoms with E-state index in [-0.39, 0.29) is 0 Å². The van der Waals surface area contributed by atoms with E-state index < -0.39 is 8.07 Å². The highest BCUT2D eigenvalue weighted by molar-refractivity contribution is 6.87. The Morgan fingerprint density at radius 2 is 2.14 bits per heavy atom. The van der Waals surface area contributed by atoms with Gasteiger partial charge in [0.25, 0.3) is 0 Å². The molecule has 3 heteroatoms. The van der Waals surface area contributed by atoms with Gasteiger partial charge in [0.15, 0.2) is 0 Å². The molecule has 0 aliphatic carbocycles. The summed E-state index contributed by atoms with van der Waals surface area (Å²) < 4.78 is 5.50. The number of allylic oxidation sites excluding steroid dienone is 2. The van der Waals surface area contributed by atoms with Crippen LogP contribution in [0, 0.1) is 0 Å². The topological polar surface area (TPSA) is 33.4 Å². The van der Waals surface area contributed by atoms with Crippen LogP contribution in [0.4, 0.5) is 0 Å². The molecule has 0 aromatic carbocycles. The van der Waals surface area contributed by atoms with Crippen molar-refractivity contribution in [2.75, 3.05) is 0 Å². The Hall–Kier alpha value is -0.963. The van der Waals surface area contributed by atoms with Crippen LogP contribution in [0.1, 0.15) is 12.5 Å². The zero-order chi connectivity index (χ0) is 10.8. The van der Waals surface area contributed by atoms with Crippen molar-refractivity contribution in [1.82, 2.24) is 0 Å². The van der Waals surface area contributed by atoms with Gasteiger partial charge < -0.3 is 9.52 Å². The van der Waals surface area contributed by atoms with Gasteiger partial charge in [0.2, 0.25) is 0 Å². The minimum Gasteiger partial charge on any atom is -0.512 e. The Morgan fingerprint density at radius 3 is 2.57 bits per heavy atom. The molecule has 0 unspecified atom stereocenters. The van der Waals surface area contributed by atoms with Crippen LogP contribution in [0.15, 0.2) is 28.6 Å². The van der Waals surface area contributed by atoms with E-state index in [0.717, 1.165) is 10.9 Å². The minimum absolute atomic E-state index is 0.396. The highest BCUT2D eigenvalue weighted by Crippen LogP contribution is 2.09. The Morgan fingerprint density at radius 1 is 1.50 bits per heavy atom. The molecule has 78 valence electrons. The molecule has 1 aromatic rings. The monoisotopic (exact) mass is 210 g/mol. The lowest BCUT2D eigenvalue weighted by Gasteiger charge is -2.10. The van der Waals surface area contributed by atoms with E-state index in [0.29, 0.717) is 12.2 Å². The van der Waals surface area contributed by atoms with E-state index in [1.807, 2.05) is 6.92 Å². The van der Waals surface area contributed by atoms with Crippen molar-refractivity contribution >= 4 is 13.5 Å². The van der Waals surface area contributed by atoms with E-state index in [4.69, 9.17) is 4.42 Å². The first kappa shape index (κ1) is 11.1. The van der Waals surface area contributed by atoms with Crippen LogP contribution < -0.4 is 5.38 Å². The fourth-order valence-electron chi connectivity index (χ4n) is 1.17. The standard InChI is InChI=1S/C11H18O2Si/c1-5-10(12)6-9-7-11(13-8-9)14(2,3)4/h5,7-8,12H,6H2,1-4H3. The van der Waals surface area contributed by atoms with Gasteiger partial charge in [-0.15, -0.1) is 0 Å². The van der Waals surface area contributed by atoms with Crippen molar-refractivity contribution in [1.29, 1.82) is 0 Å². The van der Waals surface area contributed by atoms with Crippen LogP contribution in [-0.4, -0.2) is 13.2 Å². The molecule has 0 amide bonds. The Kier molecular flexibility index (Phi) is 3.21. The predicted molar refractivity (Wildman–Crippen MR) is 61.8 cm³/mol. The maximum absolute atomic E-state index is 9.35. The zero-order valence-electron chi connectivity index (χ0n) is 9.29. The fourth-order valence-corrected chi connectivity index (χ4v) is 2.20. The molecule has 0 saturated carbocycles. The van der Waals surface area contributed by atoms with Crippen LogP contribution in [0.3, 0.4) is 0 Å². The largest absolute Gasteiger partial charge is 0.512 e. The summed E-state index contributed by atoms with van der Waals surface area (Å²) in [5.74, 6) is 0.396.